The minimum absolute atomic E-state index is 0.595. The van der Waals surface area contributed by atoms with Crippen LogP contribution in [0.5, 0.6) is 0 Å². The number of hydrogen-bond donors (Lipinski definition) is 1. The van der Waals surface area contributed by atoms with Gasteiger partial charge >= 0.3 is 0 Å². The summed E-state index contributed by atoms with van der Waals surface area (Å²) in [5.74, 6) is 0.719. The molecular weight excluding hydrogens is 262 g/mol. The van der Waals surface area contributed by atoms with Crippen molar-refractivity contribution in [1.82, 2.24) is 9.38 Å². The number of halogens is 1. The molecule has 94 valence electrons. The Morgan fingerprint density at radius 1 is 1.16 bits per heavy atom. The molecule has 2 heterocycles. The molecule has 19 heavy (non-hydrogen) atoms. The van der Waals surface area contributed by atoms with Crippen LogP contribution in [0.4, 0.5) is 0 Å². The molecule has 0 saturated carbocycles. The monoisotopic (exact) mass is 271 g/mol. The summed E-state index contributed by atoms with van der Waals surface area (Å²) in [7, 11) is 0. The van der Waals surface area contributed by atoms with Crippen molar-refractivity contribution >= 4 is 23.3 Å². The van der Waals surface area contributed by atoms with Crippen LogP contribution < -0.4 is 0 Å². The summed E-state index contributed by atoms with van der Waals surface area (Å²) in [5.41, 5.74) is 2.29. The molecule has 5 heteroatoms. The molecule has 0 atom stereocenters. The van der Waals surface area contributed by atoms with Gasteiger partial charge < -0.3 is 5.21 Å². The van der Waals surface area contributed by atoms with Gasteiger partial charge in [0.1, 0.15) is 11.5 Å². The molecule has 0 aliphatic rings. The van der Waals surface area contributed by atoms with Crippen LogP contribution in [0.3, 0.4) is 0 Å². The van der Waals surface area contributed by atoms with E-state index in [-0.39, 0.29) is 0 Å². The summed E-state index contributed by atoms with van der Waals surface area (Å²) in [6.07, 6.45) is 3.21. The Morgan fingerprint density at radius 2 is 1.95 bits per heavy atom. The molecule has 3 aromatic rings. The van der Waals surface area contributed by atoms with Gasteiger partial charge in [0.05, 0.1) is 16.8 Å². The molecule has 0 unspecified atom stereocenters. The molecule has 2 aromatic heterocycles. The summed E-state index contributed by atoms with van der Waals surface area (Å²) in [6, 6.07) is 13.2. The van der Waals surface area contributed by atoms with E-state index in [1.54, 1.807) is 0 Å². The minimum Gasteiger partial charge on any atom is -0.411 e. The lowest BCUT2D eigenvalue weighted by Gasteiger charge is -2.02. The van der Waals surface area contributed by atoms with E-state index in [9.17, 15) is 0 Å². The number of benzene rings is 1. The highest BCUT2D eigenvalue weighted by Crippen LogP contribution is 2.28. The molecule has 4 nitrogen and oxygen atoms in total. The highest BCUT2D eigenvalue weighted by Gasteiger charge is 2.13. The van der Waals surface area contributed by atoms with Crippen LogP contribution in [0, 0.1) is 0 Å². The quantitative estimate of drug-likeness (QED) is 0.441. The van der Waals surface area contributed by atoms with Gasteiger partial charge in [-0.1, -0.05) is 35.0 Å². The molecule has 3 rings (SSSR count). The van der Waals surface area contributed by atoms with Gasteiger partial charge in [0.2, 0.25) is 0 Å². The van der Waals surface area contributed by atoms with Crippen molar-refractivity contribution < 1.29 is 5.21 Å². The number of aromatic nitrogens is 2. The van der Waals surface area contributed by atoms with Crippen LogP contribution in [-0.4, -0.2) is 20.8 Å². The fraction of sp³-hybridized carbons (Fsp3) is 0. The van der Waals surface area contributed by atoms with Crippen LogP contribution in [0.15, 0.2) is 53.8 Å². The second-order valence-corrected chi connectivity index (χ2v) is 4.41. The third-order valence-electron chi connectivity index (χ3n) is 2.87. The maximum atomic E-state index is 8.71. The van der Waals surface area contributed by atoms with Crippen molar-refractivity contribution in [2.24, 2.45) is 5.16 Å². The van der Waals surface area contributed by atoms with Crippen LogP contribution in [0.25, 0.3) is 16.9 Å². The molecular formula is C14H10ClN3O. The normalized spacial score (nSPS) is 11.4. The van der Waals surface area contributed by atoms with Gasteiger partial charge in [0.25, 0.3) is 0 Å². The van der Waals surface area contributed by atoms with Crippen molar-refractivity contribution in [1.29, 1.82) is 0 Å². The number of fused-ring (bicyclic) bond motifs is 1. The Labute approximate surface area is 114 Å². The van der Waals surface area contributed by atoms with Crippen LogP contribution >= 0.6 is 11.6 Å². The topological polar surface area (TPSA) is 49.9 Å². The average molecular weight is 272 g/mol. The van der Waals surface area contributed by atoms with Gasteiger partial charge in [-0.25, -0.2) is 4.98 Å². The van der Waals surface area contributed by atoms with E-state index in [1.807, 2.05) is 53.1 Å². The number of imidazole rings is 1. The minimum atomic E-state index is 0.595. The molecule has 0 bridgehead atoms. The van der Waals surface area contributed by atoms with Crippen LogP contribution in [-0.2, 0) is 0 Å². The summed E-state index contributed by atoms with van der Waals surface area (Å²) in [4.78, 5) is 4.48. The van der Waals surface area contributed by atoms with E-state index in [0.717, 1.165) is 16.9 Å². The Morgan fingerprint density at radius 3 is 2.74 bits per heavy atom. The number of pyridine rings is 1. The first-order chi connectivity index (χ1) is 9.31. The number of oxime groups is 1. The molecule has 0 amide bonds. The molecule has 0 aliphatic carbocycles. The fourth-order valence-corrected chi connectivity index (χ4v) is 2.26. The molecule has 1 N–H and O–H groups in total. The molecule has 0 radical (unpaired) electrons. The predicted octanol–water partition coefficient (Wildman–Crippen LogP) is 3.46. The second-order valence-electron chi connectivity index (χ2n) is 4.00. The van der Waals surface area contributed by atoms with Gasteiger partial charge in [-0.15, -0.1) is 0 Å². The first-order valence-electron chi connectivity index (χ1n) is 5.70. The van der Waals surface area contributed by atoms with Gasteiger partial charge in [-0.3, -0.25) is 4.40 Å². The number of rotatable bonds is 2. The molecule has 0 aliphatic heterocycles. The Kier molecular flexibility index (Phi) is 2.93. The zero-order valence-corrected chi connectivity index (χ0v) is 10.6. The second kappa shape index (κ2) is 4.74. The van der Waals surface area contributed by atoms with Gasteiger partial charge in [0.15, 0.2) is 0 Å². The third-order valence-corrected chi connectivity index (χ3v) is 3.20. The van der Waals surface area contributed by atoms with Crippen molar-refractivity contribution in [2.75, 3.05) is 0 Å². The van der Waals surface area contributed by atoms with E-state index < -0.39 is 0 Å². The number of hydrogen-bond acceptors (Lipinski definition) is 3. The SMILES string of the molecule is O/N=C/c1nc(-c2ccccc2Cl)n2ccccc12. The molecule has 1 aromatic carbocycles. The van der Waals surface area contributed by atoms with E-state index in [2.05, 4.69) is 10.1 Å². The largest absolute Gasteiger partial charge is 0.411 e. The lowest BCUT2D eigenvalue weighted by atomic mass is 10.2. The maximum absolute atomic E-state index is 8.71. The van der Waals surface area contributed by atoms with Crippen molar-refractivity contribution in [3.63, 3.8) is 0 Å². The van der Waals surface area contributed by atoms with Gasteiger partial charge in [-0.05, 0) is 24.3 Å². The van der Waals surface area contributed by atoms with Crippen LogP contribution in [0.2, 0.25) is 5.02 Å². The first-order valence-corrected chi connectivity index (χ1v) is 6.08. The van der Waals surface area contributed by atoms with Crippen molar-refractivity contribution in [3.8, 4) is 11.4 Å². The van der Waals surface area contributed by atoms with E-state index >= 15 is 0 Å². The predicted molar refractivity (Wildman–Crippen MR) is 75.0 cm³/mol. The first kappa shape index (κ1) is 11.7. The lowest BCUT2D eigenvalue weighted by molar-refractivity contribution is 0.322. The Balaban J connectivity index is 2.33. The summed E-state index contributed by atoms with van der Waals surface area (Å²) in [5, 5.41) is 12.4. The fourth-order valence-electron chi connectivity index (χ4n) is 2.04. The number of nitrogens with zero attached hydrogens (tertiary/aromatic N) is 3. The van der Waals surface area contributed by atoms with Gasteiger partial charge in [0, 0.05) is 11.8 Å². The summed E-state index contributed by atoms with van der Waals surface area (Å²) in [6.45, 7) is 0. The van der Waals surface area contributed by atoms with Crippen molar-refractivity contribution in [2.45, 2.75) is 0 Å². The zero-order valence-electron chi connectivity index (χ0n) is 9.86. The lowest BCUT2D eigenvalue weighted by Crippen LogP contribution is -1.88. The highest BCUT2D eigenvalue weighted by molar-refractivity contribution is 6.33. The molecule has 0 saturated heterocycles. The Hall–Kier alpha value is -2.33. The molecule has 0 spiro atoms. The summed E-state index contributed by atoms with van der Waals surface area (Å²) >= 11 is 6.21. The molecule has 0 fully saturated rings. The standard InChI is InChI=1S/C14H10ClN3O/c15-11-6-2-1-5-10(11)14-17-12(9-16-19)13-7-3-4-8-18(13)14/h1-9,19H/b16-9+. The smallest absolute Gasteiger partial charge is 0.146 e. The van der Waals surface area contributed by atoms with E-state index in [0.29, 0.717) is 10.7 Å². The van der Waals surface area contributed by atoms with E-state index in [1.165, 1.54) is 6.21 Å². The van der Waals surface area contributed by atoms with Gasteiger partial charge in [-0.2, -0.15) is 0 Å². The van der Waals surface area contributed by atoms with Crippen molar-refractivity contribution in [3.05, 3.63) is 59.4 Å². The zero-order chi connectivity index (χ0) is 13.2. The van der Waals surface area contributed by atoms with E-state index in [4.69, 9.17) is 16.8 Å². The van der Waals surface area contributed by atoms with Crippen LogP contribution in [0.1, 0.15) is 5.69 Å². The average Bonchev–Trinajstić information content (AvgIpc) is 2.79. The third kappa shape index (κ3) is 1.96. The summed E-state index contributed by atoms with van der Waals surface area (Å²) < 4.78 is 1.91. The maximum Gasteiger partial charge on any atom is 0.146 e. The highest BCUT2D eigenvalue weighted by atomic mass is 35.5. The Bertz CT molecular complexity index is 764.